The summed E-state index contributed by atoms with van der Waals surface area (Å²) in [4.78, 5) is 26.5. The van der Waals surface area contributed by atoms with Crippen LogP contribution in [0.4, 0.5) is 0 Å². The first-order chi connectivity index (χ1) is 12.9. The van der Waals surface area contributed by atoms with Crippen molar-refractivity contribution in [2.75, 3.05) is 0 Å². The molecule has 7 heteroatoms. The number of nitrogen functional groups attached to an aromatic ring is 1. The standard InChI is InChI=1S/C20H17N5O2/c21-18(22)13-4-3-12-2-1-11(7-15(12)8-13)10-25-17-6-5-14(19(23)26)9-16(17)24-20(25)27/h1-9H,10H2,(H3,21,22)(H2,23,26)(H,24,27). The molecule has 0 aliphatic rings. The monoisotopic (exact) mass is 359 g/mol. The zero-order valence-electron chi connectivity index (χ0n) is 14.3. The van der Waals surface area contributed by atoms with Crippen molar-refractivity contribution in [3.8, 4) is 0 Å². The van der Waals surface area contributed by atoms with Crippen LogP contribution in [0, 0.1) is 5.41 Å². The third kappa shape index (κ3) is 2.95. The van der Waals surface area contributed by atoms with Crippen LogP contribution in [0.1, 0.15) is 21.5 Å². The fraction of sp³-hybridized carbons (Fsp3) is 0.0500. The van der Waals surface area contributed by atoms with Crippen molar-refractivity contribution in [3.05, 3.63) is 81.8 Å². The molecule has 0 fully saturated rings. The van der Waals surface area contributed by atoms with E-state index < -0.39 is 5.91 Å². The number of aromatic nitrogens is 2. The normalized spacial score (nSPS) is 11.1. The Bertz CT molecular complexity index is 1280. The summed E-state index contributed by atoms with van der Waals surface area (Å²) >= 11 is 0. The average molecular weight is 359 g/mol. The molecule has 4 aromatic rings. The number of amidine groups is 1. The van der Waals surface area contributed by atoms with Gasteiger partial charge in [-0.15, -0.1) is 0 Å². The number of nitrogens with one attached hydrogen (secondary N) is 2. The van der Waals surface area contributed by atoms with Crippen molar-refractivity contribution in [1.82, 2.24) is 9.55 Å². The number of hydrogen-bond donors (Lipinski definition) is 4. The fourth-order valence-electron chi connectivity index (χ4n) is 3.22. The first-order valence-corrected chi connectivity index (χ1v) is 8.32. The van der Waals surface area contributed by atoms with E-state index in [0.29, 0.717) is 28.7 Å². The summed E-state index contributed by atoms with van der Waals surface area (Å²) < 4.78 is 1.61. The minimum absolute atomic E-state index is 0.0143. The molecule has 7 nitrogen and oxygen atoms in total. The van der Waals surface area contributed by atoms with Gasteiger partial charge in [-0.05, 0) is 46.7 Å². The molecule has 4 rings (SSSR count). The van der Waals surface area contributed by atoms with Crippen LogP contribution in [0.5, 0.6) is 0 Å². The first kappa shape index (κ1) is 16.6. The Labute approximate surface area is 153 Å². The van der Waals surface area contributed by atoms with Gasteiger partial charge in [0, 0.05) is 11.1 Å². The molecule has 1 heterocycles. The molecule has 6 N–H and O–H groups in total. The molecule has 27 heavy (non-hydrogen) atoms. The van der Waals surface area contributed by atoms with Gasteiger partial charge in [0.15, 0.2) is 0 Å². The molecular formula is C20H17N5O2. The number of rotatable bonds is 4. The maximum Gasteiger partial charge on any atom is 0.326 e. The van der Waals surface area contributed by atoms with Gasteiger partial charge in [-0.2, -0.15) is 0 Å². The molecule has 1 amide bonds. The van der Waals surface area contributed by atoms with Gasteiger partial charge in [0.25, 0.3) is 0 Å². The molecule has 1 aromatic heterocycles. The second-order valence-corrected chi connectivity index (χ2v) is 6.42. The SMILES string of the molecule is N=C(N)c1ccc2ccc(Cn3c(=O)[nH]c4cc(C(N)=O)ccc43)cc2c1. The number of benzene rings is 3. The van der Waals surface area contributed by atoms with Crippen LogP contribution in [0.3, 0.4) is 0 Å². The van der Waals surface area contributed by atoms with E-state index in [1.807, 2.05) is 36.4 Å². The third-order valence-corrected chi connectivity index (χ3v) is 4.61. The number of carbonyl (C=O) groups excluding carboxylic acids is 1. The number of nitrogens with two attached hydrogens (primary N) is 2. The third-order valence-electron chi connectivity index (χ3n) is 4.61. The Kier molecular flexibility index (Phi) is 3.77. The minimum atomic E-state index is -0.540. The van der Waals surface area contributed by atoms with Crippen LogP contribution < -0.4 is 17.2 Å². The van der Waals surface area contributed by atoms with E-state index >= 15 is 0 Å². The number of amides is 1. The number of nitrogens with zero attached hydrogens (tertiary/aromatic N) is 1. The largest absolute Gasteiger partial charge is 0.384 e. The van der Waals surface area contributed by atoms with Gasteiger partial charge < -0.3 is 16.5 Å². The van der Waals surface area contributed by atoms with Crippen molar-refractivity contribution in [1.29, 1.82) is 5.41 Å². The van der Waals surface area contributed by atoms with E-state index in [0.717, 1.165) is 16.3 Å². The van der Waals surface area contributed by atoms with Gasteiger partial charge in [0.2, 0.25) is 5.91 Å². The second-order valence-electron chi connectivity index (χ2n) is 6.42. The molecular weight excluding hydrogens is 342 g/mol. The van der Waals surface area contributed by atoms with E-state index in [2.05, 4.69) is 4.98 Å². The fourth-order valence-corrected chi connectivity index (χ4v) is 3.22. The van der Waals surface area contributed by atoms with Crippen molar-refractivity contribution in [3.63, 3.8) is 0 Å². The van der Waals surface area contributed by atoms with Gasteiger partial charge in [-0.1, -0.05) is 24.3 Å². The molecule has 0 bridgehead atoms. The lowest BCUT2D eigenvalue weighted by Gasteiger charge is -2.07. The molecule has 0 saturated heterocycles. The summed E-state index contributed by atoms with van der Waals surface area (Å²) in [5, 5.41) is 9.56. The number of hydrogen-bond acceptors (Lipinski definition) is 3. The van der Waals surface area contributed by atoms with Crippen LogP contribution in [-0.2, 0) is 6.54 Å². The Morgan fingerprint density at radius 2 is 1.70 bits per heavy atom. The molecule has 0 atom stereocenters. The zero-order chi connectivity index (χ0) is 19.1. The molecule has 3 aromatic carbocycles. The zero-order valence-corrected chi connectivity index (χ0v) is 14.3. The van der Waals surface area contributed by atoms with E-state index in [-0.39, 0.29) is 11.5 Å². The summed E-state index contributed by atoms with van der Waals surface area (Å²) in [5.41, 5.74) is 13.8. The quantitative estimate of drug-likeness (QED) is 0.328. The van der Waals surface area contributed by atoms with E-state index in [4.69, 9.17) is 16.9 Å². The number of imidazole rings is 1. The molecule has 0 aliphatic heterocycles. The number of fused-ring (bicyclic) bond motifs is 2. The molecule has 0 aliphatic carbocycles. The highest BCUT2D eigenvalue weighted by Gasteiger charge is 2.10. The first-order valence-electron chi connectivity index (χ1n) is 8.32. The Balaban J connectivity index is 1.77. The highest BCUT2D eigenvalue weighted by atomic mass is 16.1. The Morgan fingerprint density at radius 1 is 0.963 bits per heavy atom. The molecule has 134 valence electrons. The topological polar surface area (TPSA) is 131 Å². The summed E-state index contributed by atoms with van der Waals surface area (Å²) in [6.07, 6.45) is 0. The van der Waals surface area contributed by atoms with Crippen LogP contribution in [-0.4, -0.2) is 21.3 Å². The summed E-state index contributed by atoms with van der Waals surface area (Å²) in [7, 11) is 0. The van der Waals surface area contributed by atoms with E-state index in [1.165, 1.54) is 0 Å². The lowest BCUT2D eigenvalue weighted by molar-refractivity contribution is 0.100. The van der Waals surface area contributed by atoms with Crippen LogP contribution in [0.15, 0.2) is 59.4 Å². The van der Waals surface area contributed by atoms with Crippen LogP contribution in [0.25, 0.3) is 21.8 Å². The highest BCUT2D eigenvalue weighted by molar-refractivity contribution is 5.99. The maximum absolute atomic E-state index is 12.4. The lowest BCUT2D eigenvalue weighted by Crippen LogP contribution is -2.17. The molecule has 0 saturated carbocycles. The Hall–Kier alpha value is -3.87. The maximum atomic E-state index is 12.4. The predicted molar refractivity (Wildman–Crippen MR) is 105 cm³/mol. The van der Waals surface area contributed by atoms with Gasteiger partial charge in [-0.25, -0.2) is 4.79 Å². The van der Waals surface area contributed by atoms with Crippen molar-refractivity contribution in [2.24, 2.45) is 11.5 Å². The number of carbonyl (C=O) groups is 1. The van der Waals surface area contributed by atoms with Gasteiger partial charge in [-0.3, -0.25) is 14.8 Å². The summed E-state index contributed by atoms with van der Waals surface area (Å²) in [6, 6.07) is 16.4. The molecule has 0 spiro atoms. The molecule has 0 unspecified atom stereocenters. The average Bonchev–Trinajstić information content (AvgIpc) is 2.95. The van der Waals surface area contributed by atoms with E-state index in [9.17, 15) is 9.59 Å². The smallest absolute Gasteiger partial charge is 0.326 e. The summed E-state index contributed by atoms with van der Waals surface area (Å²) in [6.45, 7) is 0.370. The predicted octanol–water partition coefficient (Wildman–Crippen LogP) is 1.91. The number of H-pyrrole nitrogens is 1. The van der Waals surface area contributed by atoms with Crippen molar-refractivity contribution >= 4 is 33.5 Å². The molecule has 0 radical (unpaired) electrons. The van der Waals surface area contributed by atoms with Gasteiger partial charge >= 0.3 is 5.69 Å². The number of primary amides is 1. The Morgan fingerprint density at radius 3 is 2.44 bits per heavy atom. The number of aromatic amines is 1. The van der Waals surface area contributed by atoms with Crippen molar-refractivity contribution in [2.45, 2.75) is 6.54 Å². The lowest BCUT2D eigenvalue weighted by atomic mass is 10.0. The summed E-state index contributed by atoms with van der Waals surface area (Å²) in [5.74, 6) is -0.526. The van der Waals surface area contributed by atoms with Crippen LogP contribution >= 0.6 is 0 Å². The van der Waals surface area contributed by atoms with Gasteiger partial charge in [0.1, 0.15) is 5.84 Å². The highest BCUT2D eigenvalue weighted by Crippen LogP contribution is 2.20. The van der Waals surface area contributed by atoms with Crippen LogP contribution in [0.2, 0.25) is 0 Å². The second kappa shape index (κ2) is 6.14. The van der Waals surface area contributed by atoms with Gasteiger partial charge in [0.05, 0.1) is 17.6 Å². The van der Waals surface area contributed by atoms with E-state index in [1.54, 1.807) is 22.8 Å². The minimum Gasteiger partial charge on any atom is -0.384 e. The van der Waals surface area contributed by atoms with Crippen molar-refractivity contribution < 1.29 is 4.79 Å².